The zero-order valence-corrected chi connectivity index (χ0v) is 8.54. The standard InChI is InChI=1S/C10H17N3/c1-4-5-12-10-7-11-6-9(13-10)8(2)3/h6-8H,4-5H2,1-3H3,(H,12,13). The average molecular weight is 179 g/mol. The maximum absolute atomic E-state index is 4.44. The van der Waals surface area contributed by atoms with E-state index in [0.717, 1.165) is 24.5 Å². The Morgan fingerprint density at radius 1 is 1.38 bits per heavy atom. The summed E-state index contributed by atoms with van der Waals surface area (Å²) in [7, 11) is 0. The molecule has 0 fully saturated rings. The molecule has 1 rings (SSSR count). The number of rotatable bonds is 4. The van der Waals surface area contributed by atoms with Gasteiger partial charge < -0.3 is 5.32 Å². The normalized spacial score (nSPS) is 10.5. The van der Waals surface area contributed by atoms with E-state index in [9.17, 15) is 0 Å². The Morgan fingerprint density at radius 3 is 2.77 bits per heavy atom. The highest BCUT2D eigenvalue weighted by Crippen LogP contribution is 2.11. The molecule has 1 heterocycles. The molecule has 0 aromatic carbocycles. The first-order valence-corrected chi connectivity index (χ1v) is 4.79. The van der Waals surface area contributed by atoms with Crippen LogP contribution < -0.4 is 5.32 Å². The fourth-order valence-electron chi connectivity index (χ4n) is 0.997. The predicted octanol–water partition coefficient (Wildman–Crippen LogP) is 2.42. The van der Waals surface area contributed by atoms with Crippen LogP contribution in [-0.4, -0.2) is 16.5 Å². The van der Waals surface area contributed by atoms with Gasteiger partial charge >= 0.3 is 0 Å². The van der Waals surface area contributed by atoms with Gasteiger partial charge in [0.15, 0.2) is 0 Å². The highest BCUT2D eigenvalue weighted by molar-refractivity contribution is 5.31. The lowest BCUT2D eigenvalue weighted by Crippen LogP contribution is -2.04. The van der Waals surface area contributed by atoms with Crippen molar-refractivity contribution in [3.8, 4) is 0 Å². The molecule has 1 N–H and O–H groups in total. The van der Waals surface area contributed by atoms with Crippen molar-refractivity contribution in [2.24, 2.45) is 0 Å². The second-order valence-corrected chi connectivity index (χ2v) is 3.41. The van der Waals surface area contributed by atoms with Crippen molar-refractivity contribution in [3.05, 3.63) is 18.1 Å². The quantitative estimate of drug-likeness (QED) is 0.771. The molecule has 0 aliphatic heterocycles. The van der Waals surface area contributed by atoms with Crippen LogP contribution in [0.5, 0.6) is 0 Å². The van der Waals surface area contributed by atoms with E-state index in [-0.39, 0.29) is 0 Å². The minimum absolute atomic E-state index is 0.441. The molecular weight excluding hydrogens is 162 g/mol. The highest BCUT2D eigenvalue weighted by atomic mass is 15.0. The zero-order chi connectivity index (χ0) is 9.68. The number of anilines is 1. The molecule has 0 bridgehead atoms. The Kier molecular flexibility index (Phi) is 3.68. The number of aromatic nitrogens is 2. The van der Waals surface area contributed by atoms with Gasteiger partial charge in [-0.05, 0) is 12.3 Å². The van der Waals surface area contributed by atoms with Gasteiger partial charge in [0.2, 0.25) is 0 Å². The molecule has 0 unspecified atom stereocenters. The van der Waals surface area contributed by atoms with Gasteiger partial charge in [-0.15, -0.1) is 0 Å². The lowest BCUT2D eigenvalue weighted by atomic mass is 10.1. The van der Waals surface area contributed by atoms with Gasteiger partial charge in [0.05, 0.1) is 11.9 Å². The SMILES string of the molecule is CCCNc1cncc(C(C)C)n1. The van der Waals surface area contributed by atoms with E-state index in [1.807, 2.05) is 6.20 Å². The maximum Gasteiger partial charge on any atom is 0.144 e. The smallest absolute Gasteiger partial charge is 0.144 e. The Hall–Kier alpha value is -1.12. The fourth-order valence-corrected chi connectivity index (χ4v) is 0.997. The fraction of sp³-hybridized carbons (Fsp3) is 0.600. The van der Waals surface area contributed by atoms with E-state index in [4.69, 9.17) is 0 Å². The molecule has 0 aliphatic carbocycles. The Bertz CT molecular complexity index is 258. The van der Waals surface area contributed by atoms with Gasteiger partial charge in [-0.2, -0.15) is 0 Å². The lowest BCUT2D eigenvalue weighted by Gasteiger charge is -2.07. The van der Waals surface area contributed by atoms with Crippen molar-refractivity contribution in [1.82, 2.24) is 9.97 Å². The largest absolute Gasteiger partial charge is 0.369 e. The van der Waals surface area contributed by atoms with Crippen LogP contribution >= 0.6 is 0 Å². The van der Waals surface area contributed by atoms with Gasteiger partial charge in [0.25, 0.3) is 0 Å². The molecule has 0 radical (unpaired) electrons. The first kappa shape index (κ1) is 9.96. The molecule has 0 spiro atoms. The van der Waals surface area contributed by atoms with Crippen LogP contribution in [0.1, 0.15) is 38.8 Å². The molecule has 3 heteroatoms. The van der Waals surface area contributed by atoms with Crippen LogP contribution in [0.15, 0.2) is 12.4 Å². The summed E-state index contributed by atoms with van der Waals surface area (Å²) >= 11 is 0. The first-order valence-electron chi connectivity index (χ1n) is 4.79. The molecule has 1 aromatic heterocycles. The third-order valence-electron chi connectivity index (χ3n) is 1.80. The molecular formula is C10H17N3. The summed E-state index contributed by atoms with van der Waals surface area (Å²) in [6.45, 7) is 7.32. The summed E-state index contributed by atoms with van der Waals surface area (Å²) in [5.41, 5.74) is 1.04. The summed E-state index contributed by atoms with van der Waals surface area (Å²) in [4.78, 5) is 8.57. The van der Waals surface area contributed by atoms with Gasteiger partial charge in [-0.1, -0.05) is 20.8 Å². The number of nitrogens with one attached hydrogen (secondary N) is 1. The van der Waals surface area contributed by atoms with E-state index >= 15 is 0 Å². The summed E-state index contributed by atoms with van der Waals surface area (Å²) in [6.07, 6.45) is 4.69. The van der Waals surface area contributed by atoms with E-state index in [2.05, 4.69) is 36.1 Å². The molecule has 72 valence electrons. The van der Waals surface area contributed by atoms with Gasteiger partial charge in [-0.3, -0.25) is 4.98 Å². The predicted molar refractivity (Wildman–Crippen MR) is 54.9 cm³/mol. The van der Waals surface area contributed by atoms with Crippen molar-refractivity contribution >= 4 is 5.82 Å². The summed E-state index contributed by atoms with van der Waals surface area (Å²) in [5.74, 6) is 1.32. The molecule has 13 heavy (non-hydrogen) atoms. The Balaban J connectivity index is 2.68. The first-order chi connectivity index (χ1) is 6.24. The van der Waals surface area contributed by atoms with Gasteiger partial charge in [0, 0.05) is 12.7 Å². The van der Waals surface area contributed by atoms with Crippen LogP contribution in [0.4, 0.5) is 5.82 Å². The maximum atomic E-state index is 4.44. The van der Waals surface area contributed by atoms with Crippen molar-refractivity contribution < 1.29 is 0 Å². The van der Waals surface area contributed by atoms with E-state index in [1.165, 1.54) is 0 Å². The number of hydrogen-bond donors (Lipinski definition) is 1. The number of nitrogens with zero attached hydrogens (tertiary/aromatic N) is 2. The second-order valence-electron chi connectivity index (χ2n) is 3.41. The third kappa shape index (κ3) is 3.01. The Labute approximate surface area is 79.6 Å². The van der Waals surface area contributed by atoms with Crippen molar-refractivity contribution in [2.45, 2.75) is 33.1 Å². The van der Waals surface area contributed by atoms with Crippen LogP contribution in [0.25, 0.3) is 0 Å². The van der Waals surface area contributed by atoms with Crippen LogP contribution in [-0.2, 0) is 0 Å². The van der Waals surface area contributed by atoms with Crippen molar-refractivity contribution in [3.63, 3.8) is 0 Å². The van der Waals surface area contributed by atoms with Crippen LogP contribution in [0.3, 0.4) is 0 Å². The van der Waals surface area contributed by atoms with E-state index in [1.54, 1.807) is 6.20 Å². The van der Waals surface area contributed by atoms with E-state index in [0.29, 0.717) is 5.92 Å². The minimum Gasteiger partial charge on any atom is -0.369 e. The lowest BCUT2D eigenvalue weighted by molar-refractivity contribution is 0.810. The molecule has 3 nitrogen and oxygen atoms in total. The monoisotopic (exact) mass is 179 g/mol. The summed E-state index contributed by atoms with van der Waals surface area (Å²) < 4.78 is 0. The zero-order valence-electron chi connectivity index (χ0n) is 8.54. The van der Waals surface area contributed by atoms with Crippen LogP contribution in [0.2, 0.25) is 0 Å². The summed E-state index contributed by atoms with van der Waals surface area (Å²) in [5, 5.41) is 3.22. The number of hydrogen-bond acceptors (Lipinski definition) is 3. The minimum atomic E-state index is 0.441. The highest BCUT2D eigenvalue weighted by Gasteiger charge is 2.01. The average Bonchev–Trinajstić information content (AvgIpc) is 2.15. The molecule has 1 aromatic rings. The van der Waals surface area contributed by atoms with Crippen molar-refractivity contribution in [2.75, 3.05) is 11.9 Å². The summed E-state index contributed by atoms with van der Waals surface area (Å²) in [6, 6.07) is 0. The third-order valence-corrected chi connectivity index (χ3v) is 1.80. The molecule has 0 amide bonds. The van der Waals surface area contributed by atoms with Crippen molar-refractivity contribution in [1.29, 1.82) is 0 Å². The topological polar surface area (TPSA) is 37.8 Å². The van der Waals surface area contributed by atoms with Crippen LogP contribution in [0, 0.1) is 0 Å². The molecule has 0 saturated heterocycles. The Morgan fingerprint density at radius 2 is 2.15 bits per heavy atom. The molecule has 0 saturated carbocycles. The molecule has 0 atom stereocenters. The van der Waals surface area contributed by atoms with E-state index < -0.39 is 0 Å². The van der Waals surface area contributed by atoms with Gasteiger partial charge in [-0.25, -0.2) is 4.98 Å². The molecule has 0 aliphatic rings. The second kappa shape index (κ2) is 4.80. The van der Waals surface area contributed by atoms with Gasteiger partial charge in [0.1, 0.15) is 5.82 Å².